The fourth-order valence-corrected chi connectivity index (χ4v) is 3.23. The lowest BCUT2D eigenvalue weighted by Gasteiger charge is -2.07. The lowest BCUT2D eigenvalue weighted by atomic mass is 10.1. The monoisotopic (exact) mass is 430 g/mol. The lowest BCUT2D eigenvalue weighted by Crippen LogP contribution is -2.24. The second-order valence-corrected chi connectivity index (χ2v) is 6.94. The Kier molecular flexibility index (Phi) is 5.80. The highest BCUT2D eigenvalue weighted by Gasteiger charge is 2.18. The average Bonchev–Trinajstić information content (AvgIpc) is 3.48. The number of aromatic nitrogens is 1. The molecule has 4 aromatic rings. The summed E-state index contributed by atoms with van der Waals surface area (Å²) in [6.07, 6.45) is 3.08. The van der Waals surface area contributed by atoms with Crippen molar-refractivity contribution in [1.82, 2.24) is 15.7 Å². The highest BCUT2D eigenvalue weighted by molar-refractivity contribution is 6.00. The third kappa shape index (κ3) is 4.41. The first-order chi connectivity index (χ1) is 15.5. The molecule has 32 heavy (non-hydrogen) atoms. The molecule has 2 amide bonds. The highest BCUT2D eigenvalue weighted by Crippen LogP contribution is 2.31. The van der Waals surface area contributed by atoms with Gasteiger partial charge in [0.25, 0.3) is 11.8 Å². The Morgan fingerprint density at radius 2 is 1.72 bits per heavy atom. The number of carbonyl (C=O) groups is 2. The van der Waals surface area contributed by atoms with Crippen molar-refractivity contribution < 1.29 is 19.1 Å². The number of phenolic OH excluding ortho intramolecular Hbond substituents is 1. The van der Waals surface area contributed by atoms with Gasteiger partial charge in [0.05, 0.1) is 17.8 Å². The van der Waals surface area contributed by atoms with Crippen LogP contribution in [0, 0.1) is 4.91 Å². The summed E-state index contributed by atoms with van der Waals surface area (Å²) in [7, 11) is 0. The normalized spacial score (nSPS) is 10.5. The van der Waals surface area contributed by atoms with Crippen LogP contribution in [0.1, 0.15) is 26.4 Å². The Hall–Kier alpha value is -4.66. The summed E-state index contributed by atoms with van der Waals surface area (Å²) >= 11 is 0. The third-order valence-electron chi connectivity index (χ3n) is 4.87. The van der Waals surface area contributed by atoms with E-state index in [9.17, 15) is 19.6 Å². The fourth-order valence-electron chi connectivity index (χ4n) is 3.23. The molecule has 0 atom stereocenters. The number of furan rings is 1. The van der Waals surface area contributed by atoms with Crippen LogP contribution in [0.5, 0.6) is 5.75 Å². The van der Waals surface area contributed by atoms with E-state index in [1.807, 2.05) is 11.5 Å². The average molecular weight is 430 g/mol. The second-order valence-electron chi connectivity index (χ2n) is 6.94. The number of hydrogen-bond donors (Lipinski definition) is 4. The first-order valence-electron chi connectivity index (χ1n) is 9.60. The number of hydrogen-bond acceptors (Lipinski definition) is 6. The van der Waals surface area contributed by atoms with Crippen molar-refractivity contribution in [3.05, 3.63) is 94.9 Å². The SMILES string of the molecule is O=NNC(=O)c1ccc(CNC(=O)c2[nH]c(-c3ccc(O)cc3)cc2-c2ccoc2)cc1. The van der Waals surface area contributed by atoms with Gasteiger partial charge in [-0.05, 0) is 59.7 Å². The van der Waals surface area contributed by atoms with Crippen molar-refractivity contribution in [2.24, 2.45) is 5.29 Å². The minimum atomic E-state index is -0.603. The van der Waals surface area contributed by atoms with Gasteiger partial charge in [0.15, 0.2) is 0 Å². The molecule has 9 heteroatoms. The molecule has 0 aliphatic heterocycles. The number of H-pyrrole nitrogens is 1. The quantitative estimate of drug-likeness (QED) is 0.260. The molecule has 4 N–H and O–H groups in total. The van der Waals surface area contributed by atoms with Crippen molar-refractivity contribution >= 4 is 11.8 Å². The van der Waals surface area contributed by atoms with Gasteiger partial charge >= 0.3 is 0 Å². The van der Waals surface area contributed by atoms with E-state index in [0.29, 0.717) is 17.0 Å². The zero-order chi connectivity index (χ0) is 22.5. The van der Waals surface area contributed by atoms with Crippen LogP contribution in [0.3, 0.4) is 0 Å². The van der Waals surface area contributed by atoms with Gasteiger partial charge in [0.1, 0.15) is 11.4 Å². The number of rotatable bonds is 7. The Bertz CT molecular complexity index is 1240. The first-order valence-corrected chi connectivity index (χ1v) is 9.60. The molecule has 0 saturated heterocycles. The standard InChI is InChI=1S/C23H18N4O5/c28-18-7-5-15(6-8-18)20-11-19(17-9-10-32-13-17)21(25-20)23(30)24-12-14-1-3-16(4-2-14)22(29)26-27-31/h1-11,13,25,28H,12H2,(H,24,30)(H,26,29,31). The molecule has 2 aromatic heterocycles. The van der Waals surface area contributed by atoms with E-state index < -0.39 is 5.91 Å². The van der Waals surface area contributed by atoms with Crippen molar-refractivity contribution in [3.63, 3.8) is 0 Å². The minimum Gasteiger partial charge on any atom is -0.508 e. The first kappa shape index (κ1) is 20.6. The van der Waals surface area contributed by atoms with Crippen molar-refractivity contribution in [3.8, 4) is 28.1 Å². The van der Waals surface area contributed by atoms with Crippen molar-refractivity contribution in [2.45, 2.75) is 6.54 Å². The number of phenols is 1. The molecule has 0 fully saturated rings. The summed E-state index contributed by atoms with van der Waals surface area (Å²) in [4.78, 5) is 37.9. The molecule has 0 saturated carbocycles. The fraction of sp³-hybridized carbons (Fsp3) is 0.0435. The van der Waals surface area contributed by atoms with E-state index in [2.05, 4.69) is 15.6 Å². The zero-order valence-electron chi connectivity index (χ0n) is 16.7. The van der Waals surface area contributed by atoms with Gasteiger partial charge in [-0.3, -0.25) is 9.59 Å². The molecule has 4 rings (SSSR count). The van der Waals surface area contributed by atoms with Crippen LogP contribution < -0.4 is 10.7 Å². The number of amides is 2. The van der Waals surface area contributed by atoms with Crippen LogP contribution in [0.4, 0.5) is 0 Å². The van der Waals surface area contributed by atoms with Crippen LogP contribution >= 0.6 is 0 Å². The van der Waals surface area contributed by atoms with E-state index in [0.717, 1.165) is 16.7 Å². The summed E-state index contributed by atoms with van der Waals surface area (Å²) in [6, 6.07) is 16.7. The molecule has 0 aliphatic carbocycles. The molecule has 2 aromatic carbocycles. The lowest BCUT2D eigenvalue weighted by molar-refractivity contribution is 0.0941. The van der Waals surface area contributed by atoms with Crippen LogP contribution in [0.15, 0.2) is 82.9 Å². The van der Waals surface area contributed by atoms with Gasteiger partial charge in [-0.2, -0.15) is 0 Å². The van der Waals surface area contributed by atoms with E-state index in [4.69, 9.17) is 4.42 Å². The van der Waals surface area contributed by atoms with E-state index in [1.165, 1.54) is 18.4 Å². The summed E-state index contributed by atoms with van der Waals surface area (Å²) in [5.41, 5.74) is 6.18. The largest absolute Gasteiger partial charge is 0.508 e. The molecule has 0 spiro atoms. The number of aromatic hydroxyl groups is 1. The summed E-state index contributed by atoms with van der Waals surface area (Å²) in [5, 5.41) is 14.7. The smallest absolute Gasteiger partial charge is 0.273 e. The molecule has 0 radical (unpaired) electrons. The maximum absolute atomic E-state index is 13.0. The maximum atomic E-state index is 13.0. The van der Waals surface area contributed by atoms with Gasteiger partial charge in [0.2, 0.25) is 0 Å². The summed E-state index contributed by atoms with van der Waals surface area (Å²) < 4.78 is 5.17. The van der Waals surface area contributed by atoms with Crippen molar-refractivity contribution in [2.75, 3.05) is 0 Å². The molecule has 0 bridgehead atoms. The number of nitrogens with zero attached hydrogens (tertiary/aromatic N) is 1. The molecule has 0 unspecified atom stereocenters. The van der Waals surface area contributed by atoms with E-state index in [1.54, 1.807) is 48.7 Å². The molecule has 9 nitrogen and oxygen atoms in total. The van der Waals surface area contributed by atoms with Crippen molar-refractivity contribution in [1.29, 1.82) is 0 Å². The zero-order valence-corrected chi connectivity index (χ0v) is 16.7. The molecular weight excluding hydrogens is 412 g/mol. The van der Waals surface area contributed by atoms with Gasteiger partial charge in [-0.15, -0.1) is 4.91 Å². The number of nitrogens with one attached hydrogen (secondary N) is 3. The number of nitroso groups, excluding NO2 is 1. The number of carbonyl (C=O) groups excluding carboxylic acids is 2. The topological polar surface area (TPSA) is 137 Å². The number of aromatic amines is 1. The maximum Gasteiger partial charge on any atom is 0.273 e. The van der Waals surface area contributed by atoms with Crippen LogP contribution in [0.25, 0.3) is 22.4 Å². The molecular formula is C23H18N4O5. The van der Waals surface area contributed by atoms with Crippen LogP contribution in [0.2, 0.25) is 0 Å². The van der Waals surface area contributed by atoms with E-state index >= 15 is 0 Å². The Balaban J connectivity index is 1.54. The van der Waals surface area contributed by atoms with E-state index in [-0.39, 0.29) is 23.8 Å². The van der Waals surface area contributed by atoms with Crippen LogP contribution in [-0.2, 0) is 6.54 Å². The Morgan fingerprint density at radius 1 is 0.969 bits per heavy atom. The molecule has 2 heterocycles. The predicted molar refractivity (Wildman–Crippen MR) is 116 cm³/mol. The van der Waals surface area contributed by atoms with Gasteiger partial charge in [-0.1, -0.05) is 12.1 Å². The van der Waals surface area contributed by atoms with Gasteiger partial charge in [-0.25, -0.2) is 5.43 Å². The summed E-state index contributed by atoms with van der Waals surface area (Å²) in [6.45, 7) is 0.227. The second kappa shape index (κ2) is 9.00. The Labute approximate surface area is 182 Å². The predicted octanol–water partition coefficient (Wildman–Crippen LogP) is 3.99. The number of benzene rings is 2. The molecule has 160 valence electrons. The van der Waals surface area contributed by atoms with Gasteiger partial charge < -0.3 is 19.8 Å². The third-order valence-corrected chi connectivity index (χ3v) is 4.87. The highest BCUT2D eigenvalue weighted by atomic mass is 16.3. The Morgan fingerprint density at radius 3 is 2.38 bits per heavy atom. The molecule has 0 aliphatic rings. The minimum absolute atomic E-state index is 0.152. The van der Waals surface area contributed by atoms with Crippen LogP contribution in [-0.4, -0.2) is 21.9 Å². The van der Waals surface area contributed by atoms with Gasteiger partial charge in [0, 0.05) is 28.9 Å². The summed E-state index contributed by atoms with van der Waals surface area (Å²) in [5.74, 6) is -0.772.